The quantitative estimate of drug-likeness (QED) is 0.321. The Hall–Kier alpha value is -3.16. The zero-order valence-corrected chi connectivity index (χ0v) is 19.6. The zero-order valence-electron chi connectivity index (χ0n) is 17.2. The lowest BCUT2D eigenvalue weighted by molar-refractivity contribution is 0.414. The van der Waals surface area contributed by atoms with E-state index in [9.17, 15) is 0 Å². The predicted molar refractivity (Wildman–Crippen MR) is 133 cm³/mol. The number of hydrogen-bond donors (Lipinski definition) is 1. The second kappa shape index (κ2) is 8.76. The molecule has 5 rings (SSSR count). The van der Waals surface area contributed by atoms with Crippen molar-refractivity contribution in [3.8, 4) is 17.1 Å². The minimum Gasteiger partial charge on any atom is -0.497 e. The highest BCUT2D eigenvalue weighted by atomic mass is 79.9. The predicted octanol–water partition coefficient (Wildman–Crippen LogP) is 6.29. The van der Waals surface area contributed by atoms with Crippen LogP contribution in [0.5, 0.6) is 5.75 Å². The fraction of sp³-hybridized carbons (Fsp3) is 0.120. The summed E-state index contributed by atoms with van der Waals surface area (Å²) >= 11 is 9.25. The summed E-state index contributed by atoms with van der Waals surface area (Å²) in [5, 5.41) is 4.07. The first-order valence-corrected chi connectivity index (χ1v) is 11.3. The maximum atomic E-state index is 6.38. The second-order valence-corrected chi connectivity index (χ2v) is 8.71. The number of benzene rings is 2. The van der Waals surface area contributed by atoms with E-state index >= 15 is 0 Å². The first-order valence-electron chi connectivity index (χ1n) is 10.1. The monoisotopic (exact) mass is 505 g/mol. The largest absolute Gasteiger partial charge is 0.497 e. The van der Waals surface area contributed by atoms with E-state index in [0.717, 1.165) is 38.7 Å². The summed E-state index contributed by atoms with van der Waals surface area (Å²) in [6.45, 7) is 0. The van der Waals surface area contributed by atoms with Crippen LogP contribution in [0.25, 0.3) is 11.3 Å². The minimum absolute atomic E-state index is 0.158. The second-order valence-electron chi connectivity index (χ2n) is 7.40. The standard InChI is InChI=1S/C25H20BrN3O2S/c1-30-19-11-9-18(10-12-19)29-24(23(28-25(29)32)20-4-2-3-15-27-20)22-14-13-21(31-22)16-5-7-17(26)8-6-16/h2-15,23-24H,1H3,(H,28,32)/t23-,24-/m0/s1. The Morgan fingerprint density at radius 3 is 2.47 bits per heavy atom. The molecule has 1 saturated heterocycles. The number of pyridine rings is 1. The average Bonchev–Trinajstić information content (AvgIpc) is 3.45. The molecule has 0 amide bonds. The van der Waals surface area contributed by atoms with E-state index in [1.165, 1.54) is 0 Å². The van der Waals surface area contributed by atoms with Gasteiger partial charge in [0, 0.05) is 21.9 Å². The van der Waals surface area contributed by atoms with Crippen LogP contribution in [0.15, 0.2) is 93.9 Å². The van der Waals surface area contributed by atoms with E-state index in [2.05, 4.69) is 31.1 Å². The molecule has 0 spiro atoms. The Labute approximate surface area is 200 Å². The third-order valence-electron chi connectivity index (χ3n) is 5.50. The zero-order chi connectivity index (χ0) is 22.1. The molecular formula is C25H20BrN3O2S. The Kier molecular flexibility index (Phi) is 5.68. The lowest BCUT2D eigenvalue weighted by atomic mass is 10.0. The van der Waals surface area contributed by atoms with Gasteiger partial charge in [-0.1, -0.05) is 34.1 Å². The summed E-state index contributed by atoms with van der Waals surface area (Å²) in [6, 6.07) is 25.5. The van der Waals surface area contributed by atoms with Gasteiger partial charge in [0.25, 0.3) is 0 Å². The molecule has 0 bridgehead atoms. The number of hydrogen-bond acceptors (Lipinski definition) is 4. The van der Waals surface area contributed by atoms with Crippen LogP contribution in [0.4, 0.5) is 5.69 Å². The lowest BCUT2D eigenvalue weighted by Gasteiger charge is -2.26. The van der Waals surface area contributed by atoms with Crippen molar-refractivity contribution in [1.29, 1.82) is 0 Å². The molecule has 2 aromatic carbocycles. The van der Waals surface area contributed by atoms with Crippen molar-refractivity contribution >= 4 is 38.9 Å². The van der Waals surface area contributed by atoms with Crippen molar-refractivity contribution in [2.24, 2.45) is 0 Å². The van der Waals surface area contributed by atoms with Crippen LogP contribution in [0, 0.1) is 0 Å². The van der Waals surface area contributed by atoms with Crippen LogP contribution in [0.2, 0.25) is 0 Å². The normalized spacial score (nSPS) is 17.9. The van der Waals surface area contributed by atoms with E-state index in [0.29, 0.717) is 5.11 Å². The molecule has 1 N–H and O–H groups in total. The van der Waals surface area contributed by atoms with Crippen LogP contribution >= 0.6 is 28.1 Å². The molecule has 7 heteroatoms. The molecule has 1 fully saturated rings. The van der Waals surface area contributed by atoms with Crippen LogP contribution in [-0.4, -0.2) is 17.2 Å². The van der Waals surface area contributed by atoms with E-state index in [1.807, 2.05) is 78.9 Å². The lowest BCUT2D eigenvalue weighted by Crippen LogP contribution is -2.29. The van der Waals surface area contributed by atoms with Crippen LogP contribution in [-0.2, 0) is 0 Å². The Morgan fingerprint density at radius 2 is 1.78 bits per heavy atom. The number of anilines is 1. The van der Waals surface area contributed by atoms with Crippen molar-refractivity contribution in [2.75, 3.05) is 12.0 Å². The van der Waals surface area contributed by atoms with E-state index in [-0.39, 0.29) is 12.1 Å². The van der Waals surface area contributed by atoms with Crippen molar-refractivity contribution in [3.63, 3.8) is 0 Å². The molecule has 32 heavy (non-hydrogen) atoms. The number of methoxy groups -OCH3 is 1. The number of furan rings is 1. The van der Waals surface area contributed by atoms with E-state index in [4.69, 9.17) is 21.4 Å². The van der Waals surface area contributed by atoms with Gasteiger partial charge < -0.3 is 19.4 Å². The summed E-state index contributed by atoms with van der Waals surface area (Å²) in [7, 11) is 1.66. The molecule has 0 aliphatic carbocycles. The number of nitrogens with one attached hydrogen (secondary N) is 1. The molecule has 2 aromatic heterocycles. The first-order chi connectivity index (χ1) is 15.6. The third-order valence-corrected chi connectivity index (χ3v) is 6.34. The number of halogens is 1. The third kappa shape index (κ3) is 3.89. The summed E-state index contributed by atoms with van der Waals surface area (Å²) in [6.07, 6.45) is 1.79. The van der Waals surface area contributed by atoms with Gasteiger partial charge in [0.05, 0.1) is 18.8 Å². The minimum atomic E-state index is -0.199. The number of ether oxygens (including phenoxy) is 1. The van der Waals surface area contributed by atoms with Gasteiger partial charge in [-0.05, 0) is 72.9 Å². The van der Waals surface area contributed by atoms with E-state index in [1.54, 1.807) is 13.3 Å². The molecule has 1 aliphatic heterocycles. The highest BCUT2D eigenvalue weighted by Crippen LogP contribution is 2.43. The average molecular weight is 506 g/mol. The topological polar surface area (TPSA) is 50.5 Å². The van der Waals surface area contributed by atoms with Crippen LogP contribution in [0.3, 0.4) is 0 Å². The molecular weight excluding hydrogens is 486 g/mol. The number of nitrogens with zero attached hydrogens (tertiary/aromatic N) is 2. The molecule has 4 aromatic rings. The van der Waals surface area contributed by atoms with Crippen molar-refractivity contribution < 1.29 is 9.15 Å². The Morgan fingerprint density at radius 1 is 1.00 bits per heavy atom. The van der Waals surface area contributed by atoms with Gasteiger partial charge in [-0.15, -0.1) is 0 Å². The number of aromatic nitrogens is 1. The van der Waals surface area contributed by atoms with Gasteiger partial charge in [-0.2, -0.15) is 0 Å². The number of rotatable bonds is 5. The van der Waals surface area contributed by atoms with Gasteiger partial charge >= 0.3 is 0 Å². The molecule has 160 valence electrons. The van der Waals surface area contributed by atoms with Gasteiger partial charge in [-0.25, -0.2) is 0 Å². The number of thiocarbonyl (C=S) groups is 1. The summed E-state index contributed by atoms with van der Waals surface area (Å²) in [4.78, 5) is 6.67. The molecule has 1 aliphatic rings. The Bertz CT molecular complexity index is 1230. The van der Waals surface area contributed by atoms with Crippen molar-refractivity contribution in [3.05, 3.63) is 101 Å². The van der Waals surface area contributed by atoms with Crippen LogP contribution < -0.4 is 15.0 Å². The smallest absolute Gasteiger partial charge is 0.174 e. The van der Waals surface area contributed by atoms with Gasteiger partial charge in [0.1, 0.15) is 23.3 Å². The molecule has 3 heterocycles. The van der Waals surface area contributed by atoms with Crippen molar-refractivity contribution in [2.45, 2.75) is 12.1 Å². The molecule has 2 atom stereocenters. The maximum absolute atomic E-state index is 6.38. The molecule has 0 saturated carbocycles. The van der Waals surface area contributed by atoms with E-state index < -0.39 is 0 Å². The molecule has 5 nitrogen and oxygen atoms in total. The highest BCUT2D eigenvalue weighted by molar-refractivity contribution is 9.10. The summed E-state index contributed by atoms with van der Waals surface area (Å²) in [5.41, 5.74) is 2.86. The SMILES string of the molecule is COc1ccc(N2C(=S)N[C@@H](c3ccccn3)[C@@H]2c2ccc(-c3ccc(Br)cc3)o2)cc1. The first kappa shape index (κ1) is 20.7. The fourth-order valence-electron chi connectivity index (χ4n) is 3.95. The Balaban J connectivity index is 1.57. The summed E-state index contributed by atoms with van der Waals surface area (Å²) < 4.78 is 12.7. The van der Waals surface area contributed by atoms with Gasteiger partial charge in [-0.3, -0.25) is 4.98 Å². The van der Waals surface area contributed by atoms with Gasteiger partial charge in [0.2, 0.25) is 0 Å². The fourth-order valence-corrected chi connectivity index (χ4v) is 4.56. The van der Waals surface area contributed by atoms with Gasteiger partial charge in [0.15, 0.2) is 5.11 Å². The molecule has 0 radical (unpaired) electrons. The highest BCUT2D eigenvalue weighted by Gasteiger charge is 2.42. The van der Waals surface area contributed by atoms with Crippen molar-refractivity contribution in [1.82, 2.24) is 10.3 Å². The van der Waals surface area contributed by atoms with Crippen LogP contribution in [0.1, 0.15) is 23.5 Å². The summed E-state index contributed by atoms with van der Waals surface area (Å²) in [5.74, 6) is 2.40. The maximum Gasteiger partial charge on any atom is 0.174 e. The molecule has 0 unspecified atom stereocenters.